The van der Waals surface area contributed by atoms with E-state index in [1.807, 2.05) is 22.7 Å². The predicted octanol–water partition coefficient (Wildman–Crippen LogP) is 4.42. The fourth-order valence-electron chi connectivity index (χ4n) is 2.95. The van der Waals surface area contributed by atoms with Gasteiger partial charge in [-0.1, -0.05) is 29.3 Å². The molecule has 0 radical (unpaired) electrons. The van der Waals surface area contributed by atoms with Crippen molar-refractivity contribution in [1.82, 2.24) is 9.38 Å². The van der Waals surface area contributed by atoms with Crippen LogP contribution in [0.5, 0.6) is 5.75 Å². The Morgan fingerprint density at radius 2 is 2.05 bits per heavy atom. The topological polar surface area (TPSA) is 26.5 Å². The normalized spacial score (nSPS) is 13.1. The maximum absolute atomic E-state index is 6.28. The number of nitrogens with zero attached hydrogens (tertiary/aromatic N) is 2. The average Bonchev–Trinajstić information content (AvgIpc) is 2.86. The molecule has 1 aliphatic carbocycles. The number of hydrogen-bond acceptors (Lipinski definition) is 2. The number of hydrogen-bond donors (Lipinski definition) is 0. The molecule has 1 aliphatic rings. The molecule has 0 amide bonds. The van der Waals surface area contributed by atoms with Gasteiger partial charge in [0, 0.05) is 11.8 Å². The van der Waals surface area contributed by atoms with Gasteiger partial charge in [0.25, 0.3) is 0 Å². The summed E-state index contributed by atoms with van der Waals surface area (Å²) in [7, 11) is 1.67. The first-order valence-electron chi connectivity index (χ1n) is 6.70. The second-order valence-electron chi connectivity index (χ2n) is 5.13. The molecule has 0 unspecified atom stereocenters. The van der Waals surface area contributed by atoms with E-state index in [0.29, 0.717) is 10.0 Å². The Morgan fingerprint density at radius 1 is 1.19 bits per heavy atom. The van der Waals surface area contributed by atoms with Crippen molar-refractivity contribution in [3.63, 3.8) is 0 Å². The zero-order chi connectivity index (χ0) is 14.6. The van der Waals surface area contributed by atoms with Gasteiger partial charge in [0.1, 0.15) is 5.75 Å². The van der Waals surface area contributed by atoms with Crippen molar-refractivity contribution in [2.24, 2.45) is 0 Å². The quantitative estimate of drug-likeness (QED) is 0.664. The molecule has 2 aromatic heterocycles. The number of aryl methyl sites for hydroxylation is 2. The third-order valence-corrected chi connectivity index (χ3v) is 4.43. The van der Waals surface area contributed by atoms with Gasteiger partial charge in [-0.15, -0.1) is 0 Å². The molecule has 0 fully saturated rings. The highest BCUT2D eigenvalue weighted by molar-refractivity contribution is 6.36. The maximum atomic E-state index is 6.28. The van der Waals surface area contributed by atoms with Gasteiger partial charge in [-0.3, -0.25) is 0 Å². The molecule has 0 spiro atoms. The first-order chi connectivity index (χ1) is 10.2. The highest BCUT2D eigenvalue weighted by Crippen LogP contribution is 2.37. The highest BCUT2D eigenvalue weighted by atomic mass is 35.5. The van der Waals surface area contributed by atoms with Gasteiger partial charge in [0.2, 0.25) is 0 Å². The molecule has 2 heterocycles. The van der Waals surface area contributed by atoms with Crippen LogP contribution < -0.4 is 4.74 Å². The molecule has 106 valence electrons. The first kappa shape index (κ1) is 13.0. The molecule has 21 heavy (non-hydrogen) atoms. The van der Waals surface area contributed by atoms with E-state index < -0.39 is 0 Å². The molecule has 0 atom stereocenters. The second kappa shape index (κ2) is 4.65. The summed E-state index contributed by atoms with van der Waals surface area (Å²) in [4.78, 5) is 4.73. The summed E-state index contributed by atoms with van der Waals surface area (Å²) in [5.41, 5.74) is 5.27. The Bertz CT molecular complexity index is 870. The standard InChI is InChI=1S/C16H12Cl2N2O/c1-21-11-4-2-9-3-5-14-15(12(9)7-11)19-16-13(18)6-10(17)8-20(14)16/h2,4,6-8H,3,5H2,1H3. The summed E-state index contributed by atoms with van der Waals surface area (Å²) in [5.74, 6) is 0.836. The molecule has 3 aromatic rings. The van der Waals surface area contributed by atoms with Crippen LogP contribution in [0.25, 0.3) is 16.9 Å². The van der Waals surface area contributed by atoms with E-state index in [9.17, 15) is 0 Å². The van der Waals surface area contributed by atoms with Crippen LogP contribution in [0.1, 0.15) is 11.3 Å². The monoisotopic (exact) mass is 318 g/mol. The fraction of sp³-hybridized carbons (Fsp3) is 0.188. The Kier molecular flexibility index (Phi) is 2.88. The van der Waals surface area contributed by atoms with Gasteiger partial charge < -0.3 is 9.14 Å². The van der Waals surface area contributed by atoms with Crippen LogP contribution >= 0.6 is 23.2 Å². The number of pyridine rings is 1. The second-order valence-corrected chi connectivity index (χ2v) is 5.97. The van der Waals surface area contributed by atoms with E-state index in [1.54, 1.807) is 13.2 Å². The van der Waals surface area contributed by atoms with Crippen LogP contribution in [0.4, 0.5) is 0 Å². The Labute approximate surface area is 132 Å². The van der Waals surface area contributed by atoms with E-state index in [0.717, 1.165) is 41.2 Å². The SMILES string of the molecule is COc1ccc2c(c1)-c1nc3c(Cl)cc(Cl)cn3c1CC2. The lowest BCUT2D eigenvalue weighted by Crippen LogP contribution is -2.05. The Hall–Kier alpha value is -1.71. The number of rotatable bonds is 1. The van der Waals surface area contributed by atoms with Crippen LogP contribution in [0, 0.1) is 0 Å². The van der Waals surface area contributed by atoms with Crippen molar-refractivity contribution in [2.75, 3.05) is 7.11 Å². The summed E-state index contributed by atoms with van der Waals surface area (Å²) in [6.45, 7) is 0. The van der Waals surface area contributed by atoms with Gasteiger partial charge in [0.05, 0.1) is 28.5 Å². The number of benzene rings is 1. The van der Waals surface area contributed by atoms with Crippen LogP contribution in [0.2, 0.25) is 10.0 Å². The molecule has 1 aromatic carbocycles. The van der Waals surface area contributed by atoms with E-state index >= 15 is 0 Å². The molecule has 0 aliphatic heterocycles. The van der Waals surface area contributed by atoms with Crippen molar-refractivity contribution in [3.8, 4) is 17.0 Å². The van der Waals surface area contributed by atoms with Gasteiger partial charge >= 0.3 is 0 Å². The summed E-state index contributed by atoms with van der Waals surface area (Å²) in [5, 5.41) is 1.19. The zero-order valence-electron chi connectivity index (χ0n) is 11.4. The lowest BCUT2D eigenvalue weighted by Gasteiger charge is -2.16. The van der Waals surface area contributed by atoms with Crippen molar-refractivity contribution in [3.05, 3.63) is 51.8 Å². The molecular weight excluding hydrogens is 307 g/mol. The average molecular weight is 319 g/mol. The number of ether oxygens (including phenoxy) is 1. The Balaban J connectivity index is 2.04. The third kappa shape index (κ3) is 1.92. The summed E-state index contributed by atoms with van der Waals surface area (Å²) < 4.78 is 7.33. The minimum absolute atomic E-state index is 0.571. The smallest absolute Gasteiger partial charge is 0.156 e. The minimum atomic E-state index is 0.571. The largest absolute Gasteiger partial charge is 0.497 e. The first-order valence-corrected chi connectivity index (χ1v) is 7.46. The number of fused-ring (bicyclic) bond motifs is 5. The molecule has 5 heteroatoms. The maximum Gasteiger partial charge on any atom is 0.156 e. The van der Waals surface area contributed by atoms with Crippen molar-refractivity contribution >= 4 is 28.8 Å². The molecule has 3 nitrogen and oxygen atoms in total. The van der Waals surface area contributed by atoms with Crippen molar-refractivity contribution in [1.29, 1.82) is 0 Å². The van der Waals surface area contributed by atoms with Crippen LogP contribution in [-0.2, 0) is 12.8 Å². The minimum Gasteiger partial charge on any atom is -0.497 e. The van der Waals surface area contributed by atoms with Gasteiger partial charge in [-0.25, -0.2) is 4.98 Å². The van der Waals surface area contributed by atoms with Crippen molar-refractivity contribution in [2.45, 2.75) is 12.8 Å². The molecule has 0 saturated heterocycles. The van der Waals surface area contributed by atoms with Crippen molar-refractivity contribution < 1.29 is 4.74 Å². The number of methoxy groups -OCH3 is 1. The van der Waals surface area contributed by atoms with E-state index in [2.05, 4.69) is 6.07 Å². The summed E-state index contributed by atoms with van der Waals surface area (Å²) in [6.07, 6.45) is 3.77. The lowest BCUT2D eigenvalue weighted by molar-refractivity contribution is 0.415. The van der Waals surface area contributed by atoms with Crippen LogP contribution in [-0.4, -0.2) is 16.5 Å². The molecule has 0 N–H and O–H groups in total. The Morgan fingerprint density at radius 3 is 2.86 bits per heavy atom. The summed E-state index contributed by atoms with van der Waals surface area (Å²) in [6, 6.07) is 7.86. The molecule has 0 bridgehead atoms. The number of imidazole rings is 1. The van der Waals surface area contributed by atoms with Gasteiger partial charge in [-0.2, -0.15) is 0 Å². The molecule has 0 saturated carbocycles. The zero-order valence-corrected chi connectivity index (χ0v) is 12.9. The number of halogens is 2. The number of aromatic nitrogens is 2. The predicted molar refractivity (Wildman–Crippen MR) is 84.6 cm³/mol. The fourth-order valence-corrected chi connectivity index (χ4v) is 3.46. The van der Waals surface area contributed by atoms with Crippen LogP contribution in [0.15, 0.2) is 30.5 Å². The van der Waals surface area contributed by atoms with Gasteiger partial charge in [-0.05, 0) is 36.6 Å². The summed E-state index contributed by atoms with van der Waals surface area (Å²) >= 11 is 12.4. The third-order valence-electron chi connectivity index (χ3n) is 3.94. The van der Waals surface area contributed by atoms with E-state index in [-0.39, 0.29) is 0 Å². The lowest BCUT2D eigenvalue weighted by atomic mass is 9.92. The van der Waals surface area contributed by atoms with E-state index in [1.165, 1.54) is 5.56 Å². The molecule has 4 rings (SSSR count). The highest BCUT2D eigenvalue weighted by Gasteiger charge is 2.23. The van der Waals surface area contributed by atoms with Crippen LogP contribution in [0.3, 0.4) is 0 Å². The molecular formula is C16H12Cl2N2O. The van der Waals surface area contributed by atoms with E-state index in [4.69, 9.17) is 32.9 Å². The van der Waals surface area contributed by atoms with Gasteiger partial charge in [0.15, 0.2) is 5.65 Å².